The van der Waals surface area contributed by atoms with E-state index < -0.39 is 0 Å². The molecular formula is C5H8S2. The third kappa shape index (κ3) is 2.29. The van der Waals surface area contributed by atoms with E-state index in [0.29, 0.717) is 0 Å². The average Bonchev–Trinajstić information content (AvgIpc) is 1.90. The molecule has 1 heterocycles. The van der Waals surface area contributed by atoms with Crippen molar-refractivity contribution in [3.8, 4) is 0 Å². The zero-order valence-electron chi connectivity index (χ0n) is 4.09. The van der Waals surface area contributed by atoms with Crippen molar-refractivity contribution in [1.29, 1.82) is 0 Å². The lowest BCUT2D eigenvalue weighted by Crippen LogP contribution is -1.77. The van der Waals surface area contributed by atoms with Crippen LogP contribution < -0.4 is 0 Å². The minimum atomic E-state index is 1.22. The monoisotopic (exact) mass is 132 g/mol. The maximum atomic E-state index is 2.22. The molecule has 1 rings (SSSR count). The van der Waals surface area contributed by atoms with Crippen molar-refractivity contribution >= 4 is 23.5 Å². The summed E-state index contributed by atoms with van der Waals surface area (Å²) in [5, 5.41) is 2.19. The molecule has 0 aliphatic carbocycles. The zero-order valence-corrected chi connectivity index (χ0v) is 5.73. The molecule has 0 aromatic rings. The van der Waals surface area contributed by atoms with Crippen LogP contribution in [0.4, 0.5) is 0 Å². The van der Waals surface area contributed by atoms with Crippen LogP contribution in [0.3, 0.4) is 0 Å². The Morgan fingerprint density at radius 3 is 3.29 bits per heavy atom. The zero-order chi connectivity index (χ0) is 4.95. The van der Waals surface area contributed by atoms with E-state index in [1.807, 2.05) is 23.5 Å². The van der Waals surface area contributed by atoms with E-state index in [1.54, 1.807) is 0 Å². The molecule has 0 bridgehead atoms. The van der Waals surface area contributed by atoms with Crippen LogP contribution in [0, 0.1) is 0 Å². The molecule has 1 aliphatic heterocycles. The summed E-state index contributed by atoms with van der Waals surface area (Å²) >= 11 is 3.92. The van der Waals surface area contributed by atoms with Gasteiger partial charge in [-0.25, -0.2) is 0 Å². The Labute approximate surface area is 52.7 Å². The third-order valence-electron chi connectivity index (χ3n) is 0.752. The fourth-order valence-corrected chi connectivity index (χ4v) is 2.18. The van der Waals surface area contributed by atoms with Gasteiger partial charge in [0.25, 0.3) is 0 Å². The van der Waals surface area contributed by atoms with Gasteiger partial charge in [-0.1, -0.05) is 6.08 Å². The summed E-state index contributed by atoms with van der Waals surface area (Å²) in [6, 6.07) is 0. The minimum Gasteiger partial charge on any atom is -0.157 e. The van der Waals surface area contributed by atoms with Gasteiger partial charge in [0.15, 0.2) is 0 Å². The summed E-state index contributed by atoms with van der Waals surface area (Å²) in [5.74, 6) is 3.83. The highest BCUT2D eigenvalue weighted by molar-refractivity contribution is 8.05. The summed E-state index contributed by atoms with van der Waals surface area (Å²) in [4.78, 5) is 0. The topological polar surface area (TPSA) is 0 Å². The Hall–Kier alpha value is 0.440. The van der Waals surface area contributed by atoms with Crippen molar-refractivity contribution < 1.29 is 0 Å². The van der Waals surface area contributed by atoms with Crippen molar-refractivity contribution in [1.82, 2.24) is 0 Å². The van der Waals surface area contributed by atoms with E-state index in [2.05, 4.69) is 11.5 Å². The molecule has 40 valence electrons. The van der Waals surface area contributed by atoms with E-state index in [0.717, 1.165) is 0 Å². The van der Waals surface area contributed by atoms with E-state index in [4.69, 9.17) is 0 Å². The van der Waals surface area contributed by atoms with Gasteiger partial charge < -0.3 is 0 Å². The highest BCUT2D eigenvalue weighted by atomic mass is 32.2. The number of hydrogen-bond acceptors (Lipinski definition) is 2. The van der Waals surface area contributed by atoms with Crippen LogP contribution in [0.1, 0.15) is 0 Å². The van der Waals surface area contributed by atoms with Gasteiger partial charge in [0.2, 0.25) is 0 Å². The predicted octanol–water partition coefficient (Wildman–Crippen LogP) is 1.98. The normalized spacial score (nSPS) is 21.7. The first kappa shape index (κ1) is 5.57. The Morgan fingerprint density at radius 2 is 2.29 bits per heavy atom. The molecule has 0 nitrogen and oxygen atoms in total. The molecule has 0 aromatic carbocycles. The van der Waals surface area contributed by atoms with Gasteiger partial charge in [-0.15, -0.1) is 11.8 Å². The quantitative estimate of drug-likeness (QED) is 0.494. The molecule has 0 radical (unpaired) electrons. The average molecular weight is 132 g/mol. The molecule has 0 amide bonds. The second-order valence-electron chi connectivity index (χ2n) is 1.32. The molecule has 0 aromatic heterocycles. The number of thioether (sulfide) groups is 2. The highest BCUT2D eigenvalue weighted by Gasteiger charge is 1.89. The van der Waals surface area contributed by atoms with Gasteiger partial charge in [0, 0.05) is 17.3 Å². The van der Waals surface area contributed by atoms with Crippen molar-refractivity contribution in [2.24, 2.45) is 0 Å². The molecule has 0 saturated carbocycles. The second-order valence-corrected chi connectivity index (χ2v) is 3.48. The SMILES string of the molecule is C1=CSCCSC1. The van der Waals surface area contributed by atoms with Gasteiger partial charge in [-0.05, 0) is 5.41 Å². The van der Waals surface area contributed by atoms with E-state index in [-0.39, 0.29) is 0 Å². The maximum Gasteiger partial charge on any atom is 0.0121 e. The Morgan fingerprint density at radius 1 is 1.29 bits per heavy atom. The van der Waals surface area contributed by atoms with E-state index in [1.165, 1.54) is 17.3 Å². The summed E-state index contributed by atoms with van der Waals surface area (Å²) in [6.45, 7) is 0. The largest absolute Gasteiger partial charge is 0.157 e. The van der Waals surface area contributed by atoms with Gasteiger partial charge in [-0.3, -0.25) is 0 Å². The lowest BCUT2D eigenvalue weighted by atomic mass is 10.8. The van der Waals surface area contributed by atoms with Crippen LogP contribution in [0.15, 0.2) is 11.5 Å². The standard InChI is InChI=1S/C5H8S2/c1-2-6-4-5-7-3-1/h1-2H,3-5H2. The molecule has 0 spiro atoms. The third-order valence-corrected chi connectivity index (χ3v) is 2.76. The van der Waals surface area contributed by atoms with Gasteiger partial charge in [0.05, 0.1) is 0 Å². The molecule has 0 N–H and O–H groups in total. The molecule has 7 heavy (non-hydrogen) atoms. The Balaban J connectivity index is 2.20. The van der Waals surface area contributed by atoms with Crippen LogP contribution in [-0.2, 0) is 0 Å². The van der Waals surface area contributed by atoms with Crippen LogP contribution in [0.25, 0.3) is 0 Å². The molecule has 0 saturated heterocycles. The van der Waals surface area contributed by atoms with E-state index >= 15 is 0 Å². The van der Waals surface area contributed by atoms with Gasteiger partial charge in [-0.2, -0.15) is 11.8 Å². The highest BCUT2D eigenvalue weighted by Crippen LogP contribution is 2.12. The van der Waals surface area contributed by atoms with Crippen molar-refractivity contribution in [2.75, 3.05) is 17.3 Å². The molecule has 0 atom stereocenters. The number of hydrogen-bond donors (Lipinski definition) is 0. The first-order valence-electron chi connectivity index (χ1n) is 2.34. The molecule has 2 heteroatoms. The first-order chi connectivity index (χ1) is 3.50. The second kappa shape index (κ2) is 3.44. The van der Waals surface area contributed by atoms with Crippen LogP contribution in [0.5, 0.6) is 0 Å². The predicted molar refractivity (Wildman–Crippen MR) is 38.9 cm³/mol. The Kier molecular flexibility index (Phi) is 2.74. The van der Waals surface area contributed by atoms with Crippen LogP contribution >= 0.6 is 23.5 Å². The Bertz CT molecular complexity index is 60.5. The molecule has 1 aliphatic rings. The van der Waals surface area contributed by atoms with Crippen LogP contribution in [0.2, 0.25) is 0 Å². The smallest absolute Gasteiger partial charge is 0.0121 e. The van der Waals surface area contributed by atoms with Gasteiger partial charge in [0.1, 0.15) is 0 Å². The summed E-state index contributed by atoms with van der Waals surface area (Å²) in [5.41, 5.74) is 0. The van der Waals surface area contributed by atoms with Gasteiger partial charge >= 0.3 is 0 Å². The lowest BCUT2D eigenvalue weighted by Gasteiger charge is -1.86. The number of rotatable bonds is 0. The fourth-order valence-electron chi connectivity index (χ4n) is 0.434. The van der Waals surface area contributed by atoms with Crippen molar-refractivity contribution in [3.05, 3.63) is 11.5 Å². The minimum absolute atomic E-state index is 1.22. The molecular weight excluding hydrogens is 124 g/mol. The summed E-state index contributed by atoms with van der Waals surface area (Å²) in [7, 11) is 0. The van der Waals surface area contributed by atoms with Crippen molar-refractivity contribution in [2.45, 2.75) is 0 Å². The molecule has 0 fully saturated rings. The van der Waals surface area contributed by atoms with Crippen molar-refractivity contribution in [3.63, 3.8) is 0 Å². The first-order valence-corrected chi connectivity index (χ1v) is 4.55. The lowest BCUT2D eigenvalue weighted by molar-refractivity contribution is 1.56. The summed E-state index contributed by atoms with van der Waals surface area (Å²) < 4.78 is 0. The van der Waals surface area contributed by atoms with E-state index in [9.17, 15) is 0 Å². The fraction of sp³-hybridized carbons (Fsp3) is 0.600. The van der Waals surface area contributed by atoms with Crippen LogP contribution in [-0.4, -0.2) is 17.3 Å². The maximum absolute atomic E-state index is 2.22. The molecule has 0 unspecified atom stereocenters. The summed E-state index contributed by atoms with van der Waals surface area (Å²) in [6.07, 6.45) is 2.22.